The molecular formula is C8H12N2O5P2. The average Bonchev–Trinajstić information content (AvgIpc) is 2.18. The molecule has 1 fully saturated rings. The number of nitrogens with one attached hydrogen (secondary N) is 1. The summed E-state index contributed by atoms with van der Waals surface area (Å²) in [5.74, 6) is 0. The van der Waals surface area contributed by atoms with E-state index in [1.165, 1.54) is 0 Å². The maximum absolute atomic E-state index is 11.2. The molecule has 0 radical (unpaired) electrons. The lowest BCUT2D eigenvalue weighted by Crippen LogP contribution is -2.36. The van der Waals surface area contributed by atoms with Gasteiger partial charge in [0, 0.05) is 12.2 Å². The molecule has 0 amide bonds. The van der Waals surface area contributed by atoms with Crippen LogP contribution in [0.15, 0.2) is 24.3 Å². The lowest BCUT2D eigenvalue weighted by atomic mass is 10.2. The minimum Gasteiger partial charge on any atom is -0.398 e. The molecule has 0 aromatic heterocycles. The first-order valence-electron chi connectivity index (χ1n) is 4.76. The number of nitrogen functional groups attached to an aromatic ring is 1. The van der Waals surface area contributed by atoms with Crippen molar-refractivity contribution < 1.29 is 23.2 Å². The van der Waals surface area contributed by atoms with Gasteiger partial charge in [-0.2, -0.15) is 0 Å². The number of rotatable bonds is 3. The van der Waals surface area contributed by atoms with Crippen LogP contribution in [-0.2, 0) is 20.0 Å². The first kappa shape index (κ1) is 12.8. The summed E-state index contributed by atoms with van der Waals surface area (Å²) in [7, 11) is -8.03. The van der Waals surface area contributed by atoms with Crippen LogP contribution in [0, 0.1) is 0 Å². The molecule has 0 bridgehead atoms. The highest BCUT2D eigenvalue weighted by molar-refractivity contribution is 7.84. The molecule has 1 aliphatic rings. The summed E-state index contributed by atoms with van der Waals surface area (Å²) in [4.78, 5) is 18.3. The molecule has 0 spiro atoms. The predicted molar refractivity (Wildman–Crippen MR) is 62.2 cm³/mol. The van der Waals surface area contributed by atoms with E-state index in [4.69, 9.17) is 15.5 Å². The molecule has 7 nitrogen and oxygen atoms in total. The van der Waals surface area contributed by atoms with E-state index in [0.29, 0.717) is 11.3 Å². The monoisotopic (exact) mass is 278 g/mol. The Labute approximate surface area is 97.7 Å². The molecule has 0 aliphatic carbocycles. The Kier molecular flexibility index (Phi) is 3.16. The van der Waals surface area contributed by atoms with Gasteiger partial charge in [0.15, 0.2) is 0 Å². The summed E-state index contributed by atoms with van der Waals surface area (Å²) in [6, 6.07) is 6.89. The van der Waals surface area contributed by atoms with E-state index in [1.807, 2.05) is 0 Å². The number of nitrogens with two attached hydrogens (primary N) is 1. The Hall–Kier alpha value is -0.680. The number of hydrogen-bond acceptors (Lipinski definition) is 5. The third kappa shape index (κ3) is 2.45. The second-order valence-corrected chi connectivity index (χ2v) is 8.01. The lowest BCUT2D eigenvalue weighted by molar-refractivity contribution is 0.276. The standard InChI is InChI=1S/C8H12N2O5P2/c9-7-4-2-1-3-6(7)5-10-8-16(11,12)15-17(8,13)14/h1-4,8,10H,5,9H2,(H,11,12)(H,13,14). The second-order valence-electron chi connectivity index (χ2n) is 3.66. The molecule has 9 heteroatoms. The fourth-order valence-electron chi connectivity index (χ4n) is 1.53. The summed E-state index contributed by atoms with van der Waals surface area (Å²) in [6.45, 7) is 0.121. The fourth-order valence-corrected chi connectivity index (χ4v) is 5.37. The number of para-hydroxylation sites is 1. The van der Waals surface area contributed by atoms with Gasteiger partial charge in [-0.05, 0) is 11.6 Å². The van der Waals surface area contributed by atoms with Gasteiger partial charge in [0.25, 0.3) is 0 Å². The Balaban J connectivity index is 2.07. The van der Waals surface area contributed by atoms with Gasteiger partial charge in [-0.3, -0.25) is 14.4 Å². The maximum Gasteiger partial charge on any atom is 0.364 e. The van der Waals surface area contributed by atoms with Crippen LogP contribution < -0.4 is 11.1 Å². The van der Waals surface area contributed by atoms with Crippen molar-refractivity contribution in [2.75, 3.05) is 5.73 Å². The molecule has 17 heavy (non-hydrogen) atoms. The highest BCUT2D eigenvalue weighted by atomic mass is 31.3. The van der Waals surface area contributed by atoms with Gasteiger partial charge in [-0.25, -0.2) is 4.31 Å². The van der Waals surface area contributed by atoms with Crippen molar-refractivity contribution in [2.45, 2.75) is 12.1 Å². The molecular weight excluding hydrogens is 266 g/mol. The Bertz CT molecular complexity index is 512. The van der Waals surface area contributed by atoms with Crippen LogP contribution in [0.4, 0.5) is 5.69 Å². The van der Waals surface area contributed by atoms with Crippen molar-refractivity contribution in [3.05, 3.63) is 29.8 Å². The summed E-state index contributed by atoms with van der Waals surface area (Å²) in [6.07, 6.45) is 0. The first-order valence-corrected chi connectivity index (χ1v) is 8.05. The van der Waals surface area contributed by atoms with E-state index in [2.05, 4.69) is 9.63 Å². The highest BCUT2D eigenvalue weighted by Crippen LogP contribution is 2.80. The third-order valence-corrected chi connectivity index (χ3v) is 7.61. The topological polar surface area (TPSA) is 122 Å². The van der Waals surface area contributed by atoms with Crippen molar-refractivity contribution in [3.8, 4) is 0 Å². The molecule has 2 unspecified atom stereocenters. The summed E-state index contributed by atoms with van der Waals surface area (Å²) in [5.41, 5.74) is 5.41. The molecule has 1 heterocycles. The van der Waals surface area contributed by atoms with Gasteiger partial charge in [0.05, 0.1) is 0 Å². The largest absolute Gasteiger partial charge is 0.398 e. The van der Waals surface area contributed by atoms with Crippen molar-refractivity contribution >= 4 is 20.9 Å². The lowest BCUT2D eigenvalue weighted by Gasteiger charge is -2.36. The van der Waals surface area contributed by atoms with Gasteiger partial charge in [-0.1, -0.05) is 18.2 Å². The zero-order valence-corrected chi connectivity index (χ0v) is 10.5. The zero-order valence-electron chi connectivity index (χ0n) is 8.68. The first-order chi connectivity index (χ1) is 7.83. The van der Waals surface area contributed by atoms with Crippen LogP contribution in [0.1, 0.15) is 5.56 Å². The zero-order chi connectivity index (χ0) is 12.7. The fraction of sp³-hybridized carbons (Fsp3) is 0.250. The van der Waals surface area contributed by atoms with E-state index < -0.39 is 20.7 Å². The van der Waals surface area contributed by atoms with Crippen LogP contribution in [0.3, 0.4) is 0 Å². The number of hydrogen-bond donors (Lipinski definition) is 4. The minimum absolute atomic E-state index is 0.121. The predicted octanol–water partition coefficient (Wildman–Crippen LogP) is 1.04. The number of anilines is 1. The van der Waals surface area contributed by atoms with Crippen LogP contribution in [0.5, 0.6) is 0 Å². The van der Waals surface area contributed by atoms with Crippen LogP contribution in [0.2, 0.25) is 0 Å². The molecule has 5 N–H and O–H groups in total. The molecule has 2 rings (SSSR count). The van der Waals surface area contributed by atoms with Crippen molar-refractivity contribution in [1.29, 1.82) is 0 Å². The van der Waals surface area contributed by atoms with Crippen molar-refractivity contribution in [3.63, 3.8) is 0 Å². The van der Waals surface area contributed by atoms with Crippen LogP contribution in [0.25, 0.3) is 0 Å². The van der Waals surface area contributed by atoms with E-state index in [1.54, 1.807) is 24.3 Å². The summed E-state index contributed by atoms with van der Waals surface area (Å²) < 4.78 is 26.5. The van der Waals surface area contributed by atoms with Crippen molar-refractivity contribution in [1.82, 2.24) is 5.32 Å². The minimum atomic E-state index is -4.01. The molecule has 1 saturated heterocycles. The molecule has 1 aliphatic heterocycles. The van der Waals surface area contributed by atoms with Gasteiger partial charge in [0.1, 0.15) is 0 Å². The van der Waals surface area contributed by atoms with Crippen LogP contribution >= 0.6 is 15.2 Å². The Morgan fingerprint density at radius 1 is 1.29 bits per heavy atom. The molecule has 1 aromatic rings. The van der Waals surface area contributed by atoms with Gasteiger partial charge in [-0.15, -0.1) is 0 Å². The number of benzene rings is 1. The van der Waals surface area contributed by atoms with Gasteiger partial charge >= 0.3 is 15.2 Å². The average molecular weight is 278 g/mol. The van der Waals surface area contributed by atoms with E-state index >= 15 is 0 Å². The van der Waals surface area contributed by atoms with Gasteiger partial charge in [0.2, 0.25) is 5.52 Å². The van der Waals surface area contributed by atoms with E-state index in [9.17, 15) is 9.13 Å². The maximum atomic E-state index is 11.2. The normalized spacial score (nSPS) is 36.5. The Morgan fingerprint density at radius 3 is 2.41 bits per heavy atom. The molecule has 2 atom stereocenters. The van der Waals surface area contributed by atoms with E-state index in [-0.39, 0.29) is 6.54 Å². The smallest absolute Gasteiger partial charge is 0.364 e. The summed E-state index contributed by atoms with van der Waals surface area (Å²) in [5, 5.41) is 2.53. The van der Waals surface area contributed by atoms with Crippen molar-refractivity contribution in [2.24, 2.45) is 0 Å². The Morgan fingerprint density at radius 2 is 1.88 bits per heavy atom. The molecule has 0 saturated carbocycles. The molecule has 1 aromatic carbocycles. The highest BCUT2D eigenvalue weighted by Gasteiger charge is 2.61. The summed E-state index contributed by atoms with van der Waals surface area (Å²) >= 11 is 0. The quantitative estimate of drug-likeness (QED) is 0.481. The molecule has 94 valence electrons. The van der Waals surface area contributed by atoms with Gasteiger partial charge < -0.3 is 15.5 Å². The SMILES string of the molecule is Nc1ccccc1CNC1P(=O)(O)OP1(=O)O. The second kappa shape index (κ2) is 4.21. The van der Waals surface area contributed by atoms with E-state index in [0.717, 1.165) is 0 Å². The third-order valence-electron chi connectivity index (χ3n) is 2.38. The van der Waals surface area contributed by atoms with Crippen LogP contribution in [-0.4, -0.2) is 15.3 Å².